The average Bonchev–Trinajstić information content (AvgIpc) is 2.82. The van der Waals surface area contributed by atoms with Crippen molar-refractivity contribution in [2.24, 2.45) is 0 Å². The molecule has 4 N–H and O–H groups in total. The number of nitrogens with one attached hydrogen (secondary N) is 2. The second kappa shape index (κ2) is 12.3. The standard InChI is InChI=1S/C23H23FN2O4.C2HF3O2/c1-25-8-7-16-17-10-15(24)11-19(26-2)18(17)12-21(28)22(16)20(27)9-13-3-5-14(6-4-13)23(29)30;3-2(4,5)1(6)7/h3-6,10-11,25-26H,7-9,12H2,1-2H3,(H,29,30);(H,6,7). The van der Waals surface area contributed by atoms with Crippen molar-refractivity contribution >= 4 is 34.8 Å². The number of aliphatic carboxylic acids is 1. The Kier molecular flexibility index (Phi) is 9.67. The molecular formula is C25H24F4N2O6. The molecule has 8 nitrogen and oxygen atoms in total. The molecule has 0 saturated heterocycles. The van der Waals surface area contributed by atoms with Crippen molar-refractivity contribution in [3.63, 3.8) is 0 Å². The number of ketones is 2. The van der Waals surface area contributed by atoms with E-state index in [1.165, 1.54) is 24.3 Å². The third kappa shape index (κ3) is 7.46. The molecule has 0 spiro atoms. The molecule has 0 bridgehead atoms. The zero-order chi connectivity index (χ0) is 27.9. The minimum absolute atomic E-state index is 0.0217. The lowest BCUT2D eigenvalue weighted by Gasteiger charge is -2.24. The fourth-order valence-electron chi connectivity index (χ4n) is 3.74. The van der Waals surface area contributed by atoms with E-state index in [1.54, 1.807) is 26.2 Å². The SMILES string of the molecule is CNCCC1=C(C(=O)Cc2ccc(C(=O)O)cc2)C(=O)Cc2c(NC)cc(F)cc21.O=C(O)C(F)(F)F. The van der Waals surface area contributed by atoms with Crippen molar-refractivity contribution in [3.8, 4) is 0 Å². The summed E-state index contributed by atoms with van der Waals surface area (Å²) in [6.07, 6.45) is -4.69. The van der Waals surface area contributed by atoms with Gasteiger partial charge >= 0.3 is 18.1 Å². The number of Topliss-reactive ketones (excluding diaryl/α,β-unsaturated/α-hetero) is 2. The average molecular weight is 524 g/mol. The molecule has 3 rings (SSSR count). The molecule has 0 aromatic heterocycles. The van der Waals surface area contributed by atoms with E-state index in [2.05, 4.69) is 10.6 Å². The van der Waals surface area contributed by atoms with Gasteiger partial charge in [-0.25, -0.2) is 14.0 Å². The maximum atomic E-state index is 14.2. The highest BCUT2D eigenvalue weighted by Gasteiger charge is 2.38. The Morgan fingerprint density at radius 2 is 1.62 bits per heavy atom. The summed E-state index contributed by atoms with van der Waals surface area (Å²) < 4.78 is 46.0. The number of halogens is 4. The van der Waals surface area contributed by atoms with Crippen LogP contribution >= 0.6 is 0 Å². The summed E-state index contributed by atoms with van der Waals surface area (Å²) in [7, 11) is 3.43. The normalized spacial score (nSPS) is 12.9. The van der Waals surface area contributed by atoms with Gasteiger partial charge in [0.15, 0.2) is 11.6 Å². The second-order valence-corrected chi connectivity index (χ2v) is 7.94. The van der Waals surface area contributed by atoms with Gasteiger partial charge in [-0.3, -0.25) is 9.59 Å². The number of anilines is 1. The van der Waals surface area contributed by atoms with E-state index in [0.29, 0.717) is 40.9 Å². The van der Waals surface area contributed by atoms with E-state index in [-0.39, 0.29) is 35.5 Å². The van der Waals surface area contributed by atoms with Crippen LogP contribution in [0.15, 0.2) is 42.0 Å². The number of carbonyl (C=O) groups is 4. The predicted molar refractivity (Wildman–Crippen MR) is 126 cm³/mol. The van der Waals surface area contributed by atoms with Gasteiger partial charge in [-0.1, -0.05) is 12.1 Å². The predicted octanol–water partition coefficient (Wildman–Crippen LogP) is 3.50. The number of fused-ring (bicyclic) bond motifs is 1. The van der Waals surface area contributed by atoms with Crippen molar-refractivity contribution < 1.29 is 47.0 Å². The third-order valence-corrected chi connectivity index (χ3v) is 5.44. The molecule has 37 heavy (non-hydrogen) atoms. The molecule has 0 saturated carbocycles. The van der Waals surface area contributed by atoms with Gasteiger partial charge in [0.25, 0.3) is 0 Å². The molecular weight excluding hydrogens is 500 g/mol. The van der Waals surface area contributed by atoms with Crippen LogP contribution < -0.4 is 10.6 Å². The summed E-state index contributed by atoms with van der Waals surface area (Å²) in [5.41, 5.74) is 3.19. The summed E-state index contributed by atoms with van der Waals surface area (Å²) in [4.78, 5) is 46.0. The molecule has 2 aromatic carbocycles. The number of allylic oxidation sites excluding steroid dienone is 1. The van der Waals surface area contributed by atoms with Gasteiger partial charge in [0.2, 0.25) is 0 Å². The number of hydrogen-bond acceptors (Lipinski definition) is 6. The first-order chi connectivity index (χ1) is 17.3. The van der Waals surface area contributed by atoms with Crippen molar-refractivity contribution in [3.05, 3.63) is 70.0 Å². The zero-order valence-electron chi connectivity index (χ0n) is 19.8. The molecule has 0 fully saturated rings. The van der Waals surface area contributed by atoms with Crippen molar-refractivity contribution in [2.75, 3.05) is 26.0 Å². The third-order valence-electron chi connectivity index (χ3n) is 5.44. The van der Waals surface area contributed by atoms with Crippen molar-refractivity contribution in [1.29, 1.82) is 0 Å². The number of carboxylic acids is 2. The van der Waals surface area contributed by atoms with Crippen LogP contribution in [0.4, 0.5) is 23.2 Å². The molecule has 0 heterocycles. The molecule has 0 radical (unpaired) electrons. The van der Waals surface area contributed by atoms with E-state index in [1.807, 2.05) is 0 Å². The van der Waals surface area contributed by atoms with Crippen LogP contribution in [0.3, 0.4) is 0 Å². The summed E-state index contributed by atoms with van der Waals surface area (Å²) in [6, 6.07) is 8.70. The first-order valence-electron chi connectivity index (χ1n) is 10.9. The molecule has 0 unspecified atom stereocenters. The van der Waals surface area contributed by atoms with E-state index < -0.39 is 23.9 Å². The van der Waals surface area contributed by atoms with Crippen LogP contribution in [0, 0.1) is 5.82 Å². The maximum Gasteiger partial charge on any atom is 0.490 e. The number of hydrogen-bond donors (Lipinski definition) is 4. The minimum Gasteiger partial charge on any atom is -0.478 e. The fraction of sp³-hybridized carbons (Fsp3) is 0.280. The van der Waals surface area contributed by atoms with Crippen LogP contribution in [-0.2, 0) is 27.2 Å². The minimum atomic E-state index is -5.08. The molecule has 12 heteroatoms. The summed E-state index contributed by atoms with van der Waals surface area (Å²) >= 11 is 0. The monoisotopic (exact) mass is 524 g/mol. The van der Waals surface area contributed by atoms with Crippen LogP contribution in [0.1, 0.15) is 33.5 Å². The molecule has 1 aliphatic rings. The number of aromatic carboxylic acids is 1. The van der Waals surface area contributed by atoms with Crippen molar-refractivity contribution in [2.45, 2.75) is 25.4 Å². The number of benzene rings is 2. The van der Waals surface area contributed by atoms with Crippen LogP contribution in [-0.4, -0.2) is 60.5 Å². The Labute approximate surface area is 209 Å². The Morgan fingerprint density at radius 3 is 2.11 bits per heavy atom. The summed E-state index contributed by atoms with van der Waals surface area (Å²) in [5, 5.41) is 22.1. The van der Waals surface area contributed by atoms with Gasteiger partial charge in [-0.05, 0) is 66.5 Å². The van der Waals surface area contributed by atoms with Gasteiger partial charge in [-0.15, -0.1) is 0 Å². The smallest absolute Gasteiger partial charge is 0.478 e. The van der Waals surface area contributed by atoms with Gasteiger partial charge in [0.05, 0.1) is 11.1 Å². The number of alkyl halides is 3. The highest BCUT2D eigenvalue weighted by molar-refractivity contribution is 6.27. The lowest BCUT2D eigenvalue weighted by Crippen LogP contribution is -2.25. The first-order valence-corrected chi connectivity index (χ1v) is 10.9. The Balaban J connectivity index is 0.000000604. The van der Waals surface area contributed by atoms with E-state index in [9.17, 15) is 31.9 Å². The van der Waals surface area contributed by atoms with Crippen molar-refractivity contribution in [1.82, 2.24) is 5.32 Å². The summed E-state index contributed by atoms with van der Waals surface area (Å²) in [5.74, 6) is -4.89. The molecule has 0 amide bonds. The van der Waals surface area contributed by atoms with E-state index in [4.69, 9.17) is 15.0 Å². The Bertz CT molecular complexity index is 1240. The lowest BCUT2D eigenvalue weighted by atomic mass is 9.80. The fourth-order valence-corrected chi connectivity index (χ4v) is 3.74. The molecule has 0 aliphatic heterocycles. The number of rotatable bonds is 8. The van der Waals surface area contributed by atoms with Gasteiger partial charge in [0, 0.05) is 25.6 Å². The van der Waals surface area contributed by atoms with E-state index in [0.717, 1.165) is 0 Å². The lowest BCUT2D eigenvalue weighted by molar-refractivity contribution is -0.192. The van der Waals surface area contributed by atoms with Gasteiger partial charge < -0.3 is 20.8 Å². The molecule has 2 aromatic rings. The highest BCUT2D eigenvalue weighted by Crippen LogP contribution is 2.37. The second-order valence-electron chi connectivity index (χ2n) is 7.94. The van der Waals surface area contributed by atoms with Gasteiger partial charge in [0.1, 0.15) is 5.82 Å². The summed E-state index contributed by atoms with van der Waals surface area (Å²) in [6.45, 7) is 0.525. The molecule has 0 atom stereocenters. The number of carbonyl (C=O) groups excluding carboxylic acids is 2. The maximum absolute atomic E-state index is 14.2. The number of carboxylic acid groups (broad SMARTS) is 2. The molecule has 1 aliphatic carbocycles. The van der Waals surface area contributed by atoms with Crippen LogP contribution in [0.25, 0.3) is 5.57 Å². The van der Waals surface area contributed by atoms with E-state index >= 15 is 0 Å². The molecule has 198 valence electrons. The Morgan fingerprint density at radius 1 is 1.03 bits per heavy atom. The van der Waals surface area contributed by atoms with Crippen LogP contribution in [0.5, 0.6) is 0 Å². The van der Waals surface area contributed by atoms with Crippen LogP contribution in [0.2, 0.25) is 0 Å². The Hall–Kier alpha value is -4.06. The quantitative estimate of drug-likeness (QED) is 0.305. The topological polar surface area (TPSA) is 133 Å². The highest BCUT2D eigenvalue weighted by atomic mass is 19.4. The largest absolute Gasteiger partial charge is 0.490 e. The zero-order valence-corrected chi connectivity index (χ0v) is 19.8. The first kappa shape index (κ1) is 29.2. The van der Waals surface area contributed by atoms with Gasteiger partial charge in [-0.2, -0.15) is 13.2 Å².